The first-order valence-corrected chi connectivity index (χ1v) is 4.93. The normalized spacial score (nSPS) is 9.71. The Bertz CT molecular complexity index is 465. The van der Waals surface area contributed by atoms with Crippen LogP contribution in [-0.2, 0) is 4.79 Å². The molecular formula is C11H13N3O3. The average molecular weight is 235 g/mol. The highest BCUT2D eigenvalue weighted by Gasteiger charge is 2.22. The molecule has 1 aromatic heterocycles. The van der Waals surface area contributed by atoms with E-state index in [2.05, 4.69) is 16.1 Å². The van der Waals surface area contributed by atoms with E-state index in [1.54, 1.807) is 13.8 Å². The first-order chi connectivity index (χ1) is 7.97. The van der Waals surface area contributed by atoms with Crippen LogP contribution in [-0.4, -0.2) is 45.2 Å². The van der Waals surface area contributed by atoms with Gasteiger partial charge in [-0.3, -0.25) is 14.7 Å². The van der Waals surface area contributed by atoms with Gasteiger partial charge in [0.2, 0.25) is 0 Å². The van der Waals surface area contributed by atoms with Gasteiger partial charge in [0, 0.05) is 5.69 Å². The molecule has 2 N–H and O–H groups in total. The standard InChI is InChI=1S/C11H13N3O3/c1-4-5-14(6-9(15)16)11(17)10-7(2)12-13-8(10)3/h1H,5-6H2,2-3H3,(H,12,13)(H,15,16). The van der Waals surface area contributed by atoms with Crippen LogP contribution in [0.4, 0.5) is 0 Å². The van der Waals surface area contributed by atoms with Crippen molar-refractivity contribution in [2.45, 2.75) is 13.8 Å². The number of carboxylic acids is 1. The van der Waals surface area contributed by atoms with E-state index in [1.165, 1.54) is 0 Å². The molecule has 0 aromatic carbocycles. The molecule has 0 saturated heterocycles. The number of hydrogen-bond acceptors (Lipinski definition) is 3. The smallest absolute Gasteiger partial charge is 0.323 e. The lowest BCUT2D eigenvalue weighted by Crippen LogP contribution is -2.36. The Morgan fingerprint density at radius 2 is 2.18 bits per heavy atom. The van der Waals surface area contributed by atoms with E-state index in [9.17, 15) is 9.59 Å². The molecule has 1 amide bonds. The van der Waals surface area contributed by atoms with Gasteiger partial charge in [0.25, 0.3) is 5.91 Å². The molecular weight excluding hydrogens is 222 g/mol. The van der Waals surface area contributed by atoms with Crippen LogP contribution in [0.25, 0.3) is 0 Å². The molecule has 0 radical (unpaired) electrons. The highest BCUT2D eigenvalue weighted by molar-refractivity contribution is 5.97. The Hall–Kier alpha value is -2.29. The molecule has 90 valence electrons. The summed E-state index contributed by atoms with van der Waals surface area (Å²) in [4.78, 5) is 23.8. The van der Waals surface area contributed by atoms with Crippen LogP contribution in [0.1, 0.15) is 21.7 Å². The minimum Gasteiger partial charge on any atom is -0.480 e. The van der Waals surface area contributed by atoms with E-state index >= 15 is 0 Å². The van der Waals surface area contributed by atoms with Crippen LogP contribution in [0.3, 0.4) is 0 Å². The molecule has 0 fully saturated rings. The Morgan fingerprint density at radius 3 is 2.59 bits per heavy atom. The number of aliphatic carboxylic acids is 1. The summed E-state index contributed by atoms with van der Waals surface area (Å²) < 4.78 is 0. The van der Waals surface area contributed by atoms with Crippen molar-refractivity contribution in [3.63, 3.8) is 0 Å². The molecule has 0 atom stereocenters. The topological polar surface area (TPSA) is 86.3 Å². The Morgan fingerprint density at radius 1 is 1.53 bits per heavy atom. The maximum atomic E-state index is 12.1. The number of amides is 1. The number of H-pyrrole nitrogens is 1. The quantitative estimate of drug-likeness (QED) is 0.729. The first-order valence-electron chi connectivity index (χ1n) is 4.93. The fourth-order valence-corrected chi connectivity index (χ4v) is 1.50. The number of nitrogens with one attached hydrogen (secondary N) is 1. The number of hydrogen-bond donors (Lipinski definition) is 2. The zero-order valence-electron chi connectivity index (χ0n) is 9.65. The van der Waals surface area contributed by atoms with Crippen molar-refractivity contribution in [2.75, 3.05) is 13.1 Å². The van der Waals surface area contributed by atoms with Gasteiger partial charge in [-0.25, -0.2) is 0 Å². The zero-order chi connectivity index (χ0) is 13.0. The van der Waals surface area contributed by atoms with Crippen LogP contribution in [0.2, 0.25) is 0 Å². The summed E-state index contributed by atoms with van der Waals surface area (Å²) in [6.45, 7) is 2.90. The number of terminal acetylenes is 1. The number of rotatable bonds is 4. The van der Waals surface area contributed by atoms with Gasteiger partial charge in [-0.05, 0) is 13.8 Å². The molecule has 1 rings (SSSR count). The number of nitrogens with zero attached hydrogens (tertiary/aromatic N) is 2. The van der Waals surface area contributed by atoms with E-state index in [0.717, 1.165) is 4.90 Å². The molecule has 0 bridgehead atoms. The predicted octanol–water partition coefficient (Wildman–Crippen LogP) is 0.187. The molecule has 1 aromatic rings. The molecule has 0 aliphatic heterocycles. The largest absolute Gasteiger partial charge is 0.480 e. The fraction of sp³-hybridized carbons (Fsp3) is 0.364. The lowest BCUT2D eigenvalue weighted by molar-refractivity contribution is -0.137. The van der Waals surface area contributed by atoms with E-state index < -0.39 is 18.4 Å². The Kier molecular flexibility index (Phi) is 3.88. The second-order valence-corrected chi connectivity index (χ2v) is 3.57. The highest BCUT2D eigenvalue weighted by atomic mass is 16.4. The summed E-state index contributed by atoms with van der Waals surface area (Å²) in [5, 5.41) is 15.3. The van der Waals surface area contributed by atoms with Gasteiger partial charge in [-0.1, -0.05) is 5.92 Å². The number of carbonyl (C=O) groups excluding carboxylic acids is 1. The summed E-state index contributed by atoms with van der Waals surface area (Å²) >= 11 is 0. The van der Waals surface area contributed by atoms with E-state index in [0.29, 0.717) is 17.0 Å². The van der Waals surface area contributed by atoms with Crippen molar-refractivity contribution < 1.29 is 14.7 Å². The molecule has 0 unspecified atom stereocenters. The molecule has 0 spiro atoms. The second-order valence-electron chi connectivity index (χ2n) is 3.57. The van der Waals surface area contributed by atoms with Gasteiger partial charge in [0.05, 0.1) is 17.8 Å². The average Bonchev–Trinajstić information content (AvgIpc) is 2.56. The van der Waals surface area contributed by atoms with Crippen LogP contribution in [0.5, 0.6) is 0 Å². The number of carboxylic acid groups (broad SMARTS) is 1. The maximum Gasteiger partial charge on any atom is 0.323 e. The van der Waals surface area contributed by atoms with Gasteiger partial charge in [-0.15, -0.1) is 6.42 Å². The zero-order valence-corrected chi connectivity index (χ0v) is 9.65. The monoisotopic (exact) mass is 235 g/mol. The first kappa shape index (κ1) is 12.8. The van der Waals surface area contributed by atoms with Crippen molar-refractivity contribution >= 4 is 11.9 Å². The van der Waals surface area contributed by atoms with Crippen LogP contribution < -0.4 is 0 Å². The summed E-state index contributed by atoms with van der Waals surface area (Å²) in [5.41, 5.74) is 1.50. The maximum absolute atomic E-state index is 12.1. The summed E-state index contributed by atoms with van der Waals surface area (Å²) in [7, 11) is 0. The van der Waals surface area contributed by atoms with E-state index in [1.807, 2.05) is 0 Å². The van der Waals surface area contributed by atoms with Crippen molar-refractivity contribution in [2.24, 2.45) is 0 Å². The summed E-state index contributed by atoms with van der Waals surface area (Å²) in [6, 6.07) is 0. The van der Waals surface area contributed by atoms with Crippen molar-refractivity contribution in [1.82, 2.24) is 15.1 Å². The highest BCUT2D eigenvalue weighted by Crippen LogP contribution is 2.12. The lowest BCUT2D eigenvalue weighted by Gasteiger charge is -2.17. The lowest BCUT2D eigenvalue weighted by atomic mass is 10.1. The number of aromatic amines is 1. The number of aryl methyl sites for hydroxylation is 2. The molecule has 6 heteroatoms. The third-order valence-electron chi connectivity index (χ3n) is 2.24. The van der Waals surface area contributed by atoms with Crippen molar-refractivity contribution in [3.05, 3.63) is 17.0 Å². The predicted molar refractivity (Wildman–Crippen MR) is 60.4 cm³/mol. The molecule has 6 nitrogen and oxygen atoms in total. The van der Waals surface area contributed by atoms with Crippen molar-refractivity contribution in [1.29, 1.82) is 0 Å². The Labute approximate surface area is 98.6 Å². The van der Waals surface area contributed by atoms with Gasteiger partial charge in [0.1, 0.15) is 6.54 Å². The Balaban J connectivity index is 3.00. The summed E-state index contributed by atoms with van der Waals surface area (Å²) in [6.07, 6.45) is 5.11. The minimum atomic E-state index is -1.10. The van der Waals surface area contributed by atoms with Crippen LogP contribution in [0.15, 0.2) is 0 Å². The van der Waals surface area contributed by atoms with E-state index in [-0.39, 0.29) is 6.54 Å². The van der Waals surface area contributed by atoms with Crippen molar-refractivity contribution in [3.8, 4) is 12.3 Å². The van der Waals surface area contributed by atoms with E-state index in [4.69, 9.17) is 11.5 Å². The third kappa shape index (κ3) is 2.84. The molecule has 17 heavy (non-hydrogen) atoms. The number of carbonyl (C=O) groups is 2. The van der Waals surface area contributed by atoms with Crippen LogP contribution in [0, 0.1) is 26.2 Å². The van der Waals surface area contributed by atoms with Gasteiger partial charge >= 0.3 is 5.97 Å². The van der Waals surface area contributed by atoms with Crippen LogP contribution >= 0.6 is 0 Å². The third-order valence-corrected chi connectivity index (χ3v) is 2.24. The SMILES string of the molecule is C#CCN(CC(=O)O)C(=O)c1c(C)n[nH]c1C. The molecule has 0 aliphatic carbocycles. The van der Waals surface area contributed by atoms with Gasteiger partial charge in [0.15, 0.2) is 0 Å². The van der Waals surface area contributed by atoms with Gasteiger partial charge in [-0.2, -0.15) is 5.10 Å². The molecule has 0 aliphatic rings. The molecule has 0 saturated carbocycles. The van der Waals surface area contributed by atoms with Gasteiger partial charge < -0.3 is 10.0 Å². The second kappa shape index (κ2) is 5.16. The number of aromatic nitrogens is 2. The molecule has 1 heterocycles. The fourth-order valence-electron chi connectivity index (χ4n) is 1.50. The summed E-state index contributed by atoms with van der Waals surface area (Å²) in [5.74, 6) is 0.740. The minimum absolute atomic E-state index is 0.0464.